The zero-order valence-corrected chi connectivity index (χ0v) is 28.3. The van der Waals surface area contributed by atoms with Crippen molar-refractivity contribution in [2.45, 2.75) is 71.8 Å². The van der Waals surface area contributed by atoms with Crippen molar-refractivity contribution in [1.29, 1.82) is 0 Å². The summed E-state index contributed by atoms with van der Waals surface area (Å²) in [5.74, 6) is -1.19. The van der Waals surface area contributed by atoms with Crippen molar-refractivity contribution in [1.82, 2.24) is 4.98 Å². The van der Waals surface area contributed by atoms with Gasteiger partial charge >= 0.3 is 5.97 Å². The van der Waals surface area contributed by atoms with Crippen molar-refractivity contribution >= 4 is 23.5 Å². The highest BCUT2D eigenvalue weighted by atomic mass is 32.2. The van der Waals surface area contributed by atoms with E-state index in [2.05, 4.69) is 17.6 Å². The maximum Gasteiger partial charge on any atom is 0.335 e. The second-order valence-electron chi connectivity index (χ2n) is 12.5. The number of carbonyl (C=O) groups is 2. The van der Waals surface area contributed by atoms with Crippen LogP contribution in [-0.2, 0) is 27.8 Å². The van der Waals surface area contributed by atoms with Crippen molar-refractivity contribution in [3.05, 3.63) is 123 Å². The van der Waals surface area contributed by atoms with Crippen molar-refractivity contribution in [3.8, 4) is 5.88 Å². The molecule has 46 heavy (non-hydrogen) atoms. The van der Waals surface area contributed by atoms with E-state index in [9.17, 15) is 14.0 Å². The van der Waals surface area contributed by atoms with Gasteiger partial charge in [0, 0.05) is 51.5 Å². The minimum atomic E-state index is -0.932. The second kappa shape index (κ2) is 14.2. The van der Waals surface area contributed by atoms with E-state index < -0.39 is 34.0 Å². The molecule has 8 heteroatoms. The number of fused-ring (bicyclic) bond motifs is 2. The number of allylic oxidation sites excluding steroid dienone is 2. The van der Waals surface area contributed by atoms with Gasteiger partial charge in [-0.3, -0.25) is 4.79 Å². The molecule has 5 nitrogen and oxygen atoms in total. The normalized spacial score (nSPS) is 20.6. The zero-order chi connectivity index (χ0) is 33.7. The Morgan fingerprint density at radius 2 is 1.78 bits per heavy atom. The molecule has 0 spiro atoms. The number of methoxy groups -OCH3 is 1. The SMILES string of the molecule is CC.COc1nccc2c1C[C@]1(c3ccc(F)cc3F)C=C=C(CC(=CC(=O)c3ccccc3)C(=O)OC(C)(C)C)SC[C@]1(C)C2. The summed E-state index contributed by atoms with van der Waals surface area (Å²) in [6.45, 7) is 11.4. The molecule has 2 atom stereocenters. The van der Waals surface area contributed by atoms with Crippen LogP contribution < -0.4 is 4.74 Å². The molecule has 2 aliphatic rings. The lowest BCUT2D eigenvalue weighted by molar-refractivity contribution is -0.149. The average molecular weight is 646 g/mol. The molecule has 1 aliphatic carbocycles. The Morgan fingerprint density at radius 1 is 1.07 bits per heavy atom. The molecule has 0 fully saturated rings. The van der Waals surface area contributed by atoms with Gasteiger partial charge in [-0.05, 0) is 74.4 Å². The van der Waals surface area contributed by atoms with E-state index in [0.29, 0.717) is 40.5 Å². The molecule has 1 aliphatic heterocycles. The standard InChI is InChI=1S/C36H35F2NO4S.C2H6/c1-34(2,3)43-33(41)25(18-31(40)23-9-7-6-8-10-23)17-27-13-15-36(29-12-11-26(37)19-30(29)38)21-28-24(14-16-39-32(28)42-5)20-35(36,4)22-44-27;1-2/h6-12,14-16,18-19H,17,20-22H2,1-5H3;1-2H3/t35-,36-;/m0./s1. The lowest BCUT2D eigenvalue weighted by Gasteiger charge is -2.50. The van der Waals surface area contributed by atoms with Crippen LogP contribution in [0.15, 0.2) is 89.2 Å². The first-order chi connectivity index (χ1) is 21.8. The van der Waals surface area contributed by atoms with Gasteiger partial charge in [-0.1, -0.05) is 57.2 Å². The fourth-order valence-electron chi connectivity index (χ4n) is 6.00. The molecule has 1 aromatic heterocycles. The first kappa shape index (κ1) is 34.9. The van der Waals surface area contributed by atoms with Gasteiger partial charge < -0.3 is 9.47 Å². The topological polar surface area (TPSA) is 65.5 Å². The van der Waals surface area contributed by atoms with Crippen LogP contribution in [0.25, 0.3) is 0 Å². The van der Waals surface area contributed by atoms with Gasteiger partial charge in [-0.15, -0.1) is 17.5 Å². The monoisotopic (exact) mass is 645 g/mol. The van der Waals surface area contributed by atoms with Gasteiger partial charge in [-0.25, -0.2) is 18.6 Å². The van der Waals surface area contributed by atoms with Gasteiger partial charge in [0.05, 0.1) is 7.11 Å². The quantitative estimate of drug-likeness (QED) is 0.111. The molecule has 0 amide bonds. The van der Waals surface area contributed by atoms with Gasteiger partial charge in [0.25, 0.3) is 0 Å². The van der Waals surface area contributed by atoms with E-state index in [0.717, 1.165) is 17.2 Å². The van der Waals surface area contributed by atoms with Crippen molar-refractivity contribution in [2.75, 3.05) is 12.9 Å². The summed E-state index contributed by atoms with van der Waals surface area (Å²) in [4.78, 5) is 31.6. The Balaban J connectivity index is 0.00000235. The summed E-state index contributed by atoms with van der Waals surface area (Å²) < 4.78 is 41.1. The third-order valence-electron chi connectivity index (χ3n) is 8.25. The van der Waals surface area contributed by atoms with E-state index in [1.807, 2.05) is 32.1 Å². The van der Waals surface area contributed by atoms with E-state index >= 15 is 4.39 Å². The van der Waals surface area contributed by atoms with Crippen molar-refractivity contribution < 1.29 is 27.8 Å². The summed E-state index contributed by atoms with van der Waals surface area (Å²) in [5.41, 5.74) is 4.08. The van der Waals surface area contributed by atoms with Crippen LogP contribution in [-0.4, -0.2) is 35.2 Å². The smallest absolute Gasteiger partial charge is 0.335 e. The summed E-state index contributed by atoms with van der Waals surface area (Å²) in [5, 5.41) is 0. The average Bonchev–Trinajstić information content (AvgIpc) is 3.16. The Hall–Kier alpha value is -4.00. The maximum absolute atomic E-state index is 15.7. The zero-order valence-electron chi connectivity index (χ0n) is 27.5. The van der Waals surface area contributed by atoms with Gasteiger partial charge in [0.15, 0.2) is 5.78 Å². The lowest BCUT2D eigenvalue weighted by Crippen LogP contribution is -2.50. The predicted octanol–water partition coefficient (Wildman–Crippen LogP) is 8.76. The number of thioether (sulfide) groups is 1. The number of rotatable bonds is 7. The van der Waals surface area contributed by atoms with Crippen LogP contribution in [0.4, 0.5) is 8.78 Å². The number of hydrogen-bond acceptors (Lipinski definition) is 6. The fraction of sp³-hybridized carbons (Fsp3) is 0.368. The predicted molar refractivity (Wildman–Crippen MR) is 179 cm³/mol. The van der Waals surface area contributed by atoms with Crippen LogP contribution >= 0.6 is 11.8 Å². The van der Waals surface area contributed by atoms with Crippen molar-refractivity contribution in [2.24, 2.45) is 5.41 Å². The highest BCUT2D eigenvalue weighted by Crippen LogP contribution is 2.56. The molecule has 0 unspecified atom stereocenters. The minimum Gasteiger partial charge on any atom is -0.481 e. The van der Waals surface area contributed by atoms with Gasteiger partial charge in [-0.2, -0.15) is 0 Å². The van der Waals surface area contributed by atoms with Gasteiger partial charge in [0.1, 0.15) is 17.2 Å². The number of carbonyl (C=O) groups excluding carboxylic acids is 2. The number of aromatic nitrogens is 1. The number of halogens is 2. The first-order valence-electron chi connectivity index (χ1n) is 15.4. The highest BCUT2D eigenvalue weighted by Gasteiger charge is 2.53. The Bertz CT molecular complexity index is 1710. The summed E-state index contributed by atoms with van der Waals surface area (Å²) >= 11 is 1.51. The van der Waals surface area contributed by atoms with E-state index in [1.54, 1.807) is 58.3 Å². The fourth-order valence-corrected chi connectivity index (χ4v) is 7.26. The number of hydrogen-bond donors (Lipinski definition) is 0. The molecular weight excluding hydrogens is 604 g/mol. The molecule has 0 bridgehead atoms. The molecule has 0 saturated carbocycles. The molecule has 242 valence electrons. The Kier molecular flexibility index (Phi) is 10.8. The molecule has 5 rings (SSSR count). The largest absolute Gasteiger partial charge is 0.481 e. The number of ether oxygens (including phenoxy) is 2. The maximum atomic E-state index is 15.7. The Morgan fingerprint density at radius 3 is 2.43 bits per heavy atom. The van der Waals surface area contributed by atoms with Crippen LogP contribution in [0.2, 0.25) is 0 Å². The minimum absolute atomic E-state index is 0.102. The first-order valence-corrected chi connectivity index (χ1v) is 16.4. The summed E-state index contributed by atoms with van der Waals surface area (Å²) in [6.07, 6.45) is 5.94. The van der Waals surface area contributed by atoms with E-state index in [4.69, 9.17) is 9.47 Å². The molecular formula is C38H41F2NO4S. The molecule has 0 saturated heterocycles. The number of nitrogens with zero attached hydrogens (tertiary/aromatic N) is 1. The third kappa shape index (κ3) is 7.35. The summed E-state index contributed by atoms with van der Waals surface area (Å²) in [7, 11) is 1.56. The summed E-state index contributed by atoms with van der Waals surface area (Å²) in [6, 6.07) is 14.4. The molecule has 3 aromatic rings. The number of ketones is 1. The second-order valence-corrected chi connectivity index (χ2v) is 13.6. The number of benzene rings is 2. The van der Waals surface area contributed by atoms with E-state index in [1.165, 1.54) is 30.0 Å². The molecule has 2 heterocycles. The Labute approximate surface area is 274 Å². The van der Waals surface area contributed by atoms with Crippen molar-refractivity contribution in [3.63, 3.8) is 0 Å². The van der Waals surface area contributed by atoms with E-state index in [-0.39, 0.29) is 17.8 Å². The molecule has 0 N–H and O–H groups in total. The van der Waals surface area contributed by atoms with Gasteiger partial charge in [0.2, 0.25) is 5.88 Å². The highest BCUT2D eigenvalue weighted by molar-refractivity contribution is 8.03. The number of pyridine rings is 1. The van der Waals surface area contributed by atoms with Crippen LogP contribution in [0, 0.1) is 17.0 Å². The van der Waals surface area contributed by atoms with Crippen LogP contribution in [0.3, 0.4) is 0 Å². The third-order valence-corrected chi connectivity index (χ3v) is 9.64. The molecule has 2 aromatic carbocycles. The molecule has 0 radical (unpaired) electrons. The number of esters is 1. The van der Waals surface area contributed by atoms with Crippen LogP contribution in [0.5, 0.6) is 5.88 Å². The lowest BCUT2D eigenvalue weighted by atomic mass is 9.53. The van der Waals surface area contributed by atoms with Crippen LogP contribution in [0.1, 0.15) is 75.0 Å².